The molecule has 0 unspecified atom stereocenters. The minimum atomic E-state index is 0.155. The second-order valence-corrected chi connectivity index (χ2v) is 3.49. The van der Waals surface area contributed by atoms with Gasteiger partial charge < -0.3 is 10.7 Å². The fourth-order valence-corrected chi connectivity index (χ4v) is 1.38. The van der Waals surface area contributed by atoms with Gasteiger partial charge >= 0.3 is 0 Å². The average molecular weight is 218 g/mol. The highest BCUT2D eigenvalue weighted by molar-refractivity contribution is 7.80. The number of thiocarbonyl (C=S) groups is 1. The molecule has 0 bridgehead atoms. The van der Waals surface area contributed by atoms with Crippen LogP contribution in [0.15, 0.2) is 35.4 Å². The fourth-order valence-electron chi connectivity index (χ4n) is 1.33. The molecule has 76 valence electrons. The normalized spacial score (nSPS) is 10.9. The number of para-hydroxylation sites is 1. The van der Waals surface area contributed by atoms with E-state index in [2.05, 4.69) is 27.7 Å². The number of aromatic amines is 1. The molecule has 0 saturated carbocycles. The molecule has 1 aromatic carbocycles. The van der Waals surface area contributed by atoms with E-state index in [1.165, 1.54) is 0 Å². The van der Waals surface area contributed by atoms with Gasteiger partial charge in [0.1, 0.15) is 0 Å². The second-order valence-electron chi connectivity index (χ2n) is 3.05. The van der Waals surface area contributed by atoms with Gasteiger partial charge in [0.05, 0.1) is 11.9 Å². The Morgan fingerprint density at radius 3 is 3.00 bits per heavy atom. The summed E-state index contributed by atoms with van der Waals surface area (Å²) in [5, 5.41) is 5.17. The topological polar surface area (TPSA) is 66.2 Å². The zero-order valence-corrected chi connectivity index (χ0v) is 8.71. The smallest absolute Gasteiger partial charge is 0.184 e. The SMILES string of the molecule is NC(=S)N/N=C\c1cc2ccccc2[nH]1. The Labute approximate surface area is 92.2 Å². The van der Waals surface area contributed by atoms with Crippen LogP contribution in [0.1, 0.15) is 5.69 Å². The third kappa shape index (κ3) is 2.32. The molecule has 5 heteroatoms. The van der Waals surface area contributed by atoms with Crippen LogP contribution in [0.2, 0.25) is 0 Å². The van der Waals surface area contributed by atoms with Crippen LogP contribution >= 0.6 is 12.2 Å². The lowest BCUT2D eigenvalue weighted by atomic mass is 10.2. The molecule has 0 aliphatic rings. The number of aromatic nitrogens is 1. The number of rotatable bonds is 2. The zero-order valence-electron chi connectivity index (χ0n) is 7.90. The fraction of sp³-hybridized carbons (Fsp3) is 0. The highest BCUT2D eigenvalue weighted by Crippen LogP contribution is 2.12. The van der Waals surface area contributed by atoms with E-state index in [4.69, 9.17) is 5.73 Å². The van der Waals surface area contributed by atoms with Crippen molar-refractivity contribution in [2.75, 3.05) is 0 Å². The van der Waals surface area contributed by atoms with Crippen LogP contribution in [0, 0.1) is 0 Å². The Morgan fingerprint density at radius 1 is 1.47 bits per heavy atom. The molecule has 2 aromatic rings. The summed E-state index contributed by atoms with van der Waals surface area (Å²) in [7, 11) is 0. The summed E-state index contributed by atoms with van der Waals surface area (Å²) in [6, 6.07) is 10.0. The van der Waals surface area contributed by atoms with Gasteiger partial charge in [0, 0.05) is 10.9 Å². The maximum Gasteiger partial charge on any atom is 0.184 e. The van der Waals surface area contributed by atoms with Crippen LogP contribution in [0.25, 0.3) is 10.9 Å². The molecule has 0 radical (unpaired) electrons. The molecule has 0 atom stereocenters. The lowest BCUT2D eigenvalue weighted by Gasteiger charge is -1.91. The van der Waals surface area contributed by atoms with Crippen LogP contribution < -0.4 is 11.2 Å². The van der Waals surface area contributed by atoms with Gasteiger partial charge in [-0.2, -0.15) is 5.10 Å². The maximum absolute atomic E-state index is 5.23. The largest absolute Gasteiger partial charge is 0.375 e. The van der Waals surface area contributed by atoms with Gasteiger partial charge in [0.25, 0.3) is 0 Å². The molecular weight excluding hydrogens is 208 g/mol. The van der Waals surface area contributed by atoms with E-state index in [1.54, 1.807) is 6.21 Å². The summed E-state index contributed by atoms with van der Waals surface area (Å²) in [4.78, 5) is 3.20. The second kappa shape index (κ2) is 4.10. The molecule has 0 saturated heterocycles. The van der Waals surface area contributed by atoms with Crippen molar-refractivity contribution < 1.29 is 0 Å². The first kappa shape index (κ1) is 9.67. The molecule has 1 aromatic heterocycles. The molecular formula is C10H10N4S. The summed E-state index contributed by atoms with van der Waals surface area (Å²) in [6.45, 7) is 0. The van der Waals surface area contributed by atoms with Crippen molar-refractivity contribution in [1.82, 2.24) is 10.4 Å². The first-order valence-corrected chi connectivity index (χ1v) is 4.83. The third-order valence-electron chi connectivity index (χ3n) is 1.93. The quantitative estimate of drug-likeness (QED) is 0.405. The van der Waals surface area contributed by atoms with Crippen molar-refractivity contribution in [3.63, 3.8) is 0 Å². The third-order valence-corrected chi connectivity index (χ3v) is 2.02. The predicted octanol–water partition coefficient (Wildman–Crippen LogP) is 1.34. The molecule has 0 amide bonds. The Hall–Kier alpha value is -1.88. The van der Waals surface area contributed by atoms with E-state index < -0.39 is 0 Å². The summed E-state index contributed by atoms with van der Waals surface area (Å²) in [5.41, 5.74) is 9.71. The summed E-state index contributed by atoms with van der Waals surface area (Å²) < 4.78 is 0. The average Bonchev–Trinajstić information content (AvgIpc) is 2.59. The van der Waals surface area contributed by atoms with E-state index in [9.17, 15) is 0 Å². The number of nitrogens with one attached hydrogen (secondary N) is 2. The maximum atomic E-state index is 5.23. The van der Waals surface area contributed by atoms with Crippen molar-refractivity contribution in [3.05, 3.63) is 36.0 Å². The number of hydrogen-bond donors (Lipinski definition) is 3. The van der Waals surface area contributed by atoms with Gasteiger partial charge in [-0.1, -0.05) is 18.2 Å². The number of fused-ring (bicyclic) bond motifs is 1. The van der Waals surface area contributed by atoms with Gasteiger partial charge in [-0.05, 0) is 24.4 Å². The zero-order chi connectivity index (χ0) is 10.7. The van der Waals surface area contributed by atoms with Gasteiger partial charge in [0.2, 0.25) is 0 Å². The van der Waals surface area contributed by atoms with Crippen LogP contribution in [0.3, 0.4) is 0 Å². The molecule has 4 nitrogen and oxygen atoms in total. The molecule has 1 heterocycles. The minimum absolute atomic E-state index is 0.155. The number of benzene rings is 1. The van der Waals surface area contributed by atoms with Crippen molar-refractivity contribution in [3.8, 4) is 0 Å². The molecule has 4 N–H and O–H groups in total. The number of H-pyrrole nitrogens is 1. The van der Waals surface area contributed by atoms with E-state index >= 15 is 0 Å². The first-order chi connectivity index (χ1) is 7.25. The lowest BCUT2D eigenvalue weighted by Crippen LogP contribution is -2.23. The van der Waals surface area contributed by atoms with Gasteiger partial charge in [-0.15, -0.1) is 0 Å². The van der Waals surface area contributed by atoms with Gasteiger partial charge in [-0.25, -0.2) is 0 Å². The van der Waals surface area contributed by atoms with E-state index in [0.29, 0.717) is 0 Å². The van der Waals surface area contributed by atoms with Crippen LogP contribution in [-0.2, 0) is 0 Å². The molecule has 0 fully saturated rings. The van der Waals surface area contributed by atoms with E-state index in [-0.39, 0.29) is 5.11 Å². The van der Waals surface area contributed by atoms with Crippen molar-refractivity contribution in [2.45, 2.75) is 0 Å². The lowest BCUT2D eigenvalue weighted by molar-refractivity contribution is 1.04. The monoisotopic (exact) mass is 218 g/mol. The van der Waals surface area contributed by atoms with Crippen molar-refractivity contribution in [1.29, 1.82) is 0 Å². The minimum Gasteiger partial charge on any atom is -0.375 e. The summed E-state index contributed by atoms with van der Waals surface area (Å²) in [5.74, 6) is 0. The number of nitrogens with zero attached hydrogens (tertiary/aromatic N) is 1. The summed E-state index contributed by atoms with van der Waals surface area (Å²) >= 11 is 4.62. The molecule has 2 rings (SSSR count). The highest BCUT2D eigenvalue weighted by atomic mass is 32.1. The number of hydrazone groups is 1. The molecule has 0 aliphatic heterocycles. The standard InChI is InChI=1S/C10H10N4S/c11-10(15)14-12-6-8-5-7-3-1-2-4-9(7)13-8/h1-6,13H,(H3,11,14,15)/b12-6-. The van der Waals surface area contributed by atoms with Gasteiger partial charge in [0.15, 0.2) is 5.11 Å². The van der Waals surface area contributed by atoms with E-state index in [1.807, 2.05) is 30.3 Å². The molecule has 15 heavy (non-hydrogen) atoms. The van der Waals surface area contributed by atoms with Crippen molar-refractivity contribution >= 4 is 34.4 Å². The summed E-state index contributed by atoms with van der Waals surface area (Å²) in [6.07, 6.45) is 1.64. The molecule has 0 spiro atoms. The number of nitrogens with two attached hydrogens (primary N) is 1. The first-order valence-electron chi connectivity index (χ1n) is 4.42. The van der Waals surface area contributed by atoms with Crippen LogP contribution in [-0.4, -0.2) is 16.3 Å². The Balaban J connectivity index is 2.22. The van der Waals surface area contributed by atoms with Crippen molar-refractivity contribution in [2.24, 2.45) is 10.8 Å². The number of hydrogen-bond acceptors (Lipinski definition) is 2. The van der Waals surface area contributed by atoms with Gasteiger partial charge in [-0.3, -0.25) is 5.43 Å². The van der Waals surface area contributed by atoms with E-state index in [0.717, 1.165) is 16.6 Å². The highest BCUT2D eigenvalue weighted by Gasteiger charge is 1.96. The van der Waals surface area contributed by atoms with Crippen LogP contribution in [0.4, 0.5) is 0 Å². The van der Waals surface area contributed by atoms with Crippen LogP contribution in [0.5, 0.6) is 0 Å². The predicted molar refractivity (Wildman–Crippen MR) is 65.8 cm³/mol. The molecule has 0 aliphatic carbocycles. The Bertz CT molecular complexity index is 482. The Kier molecular flexibility index (Phi) is 2.64. The Morgan fingerprint density at radius 2 is 2.27 bits per heavy atom.